The van der Waals surface area contributed by atoms with Gasteiger partial charge in [-0.2, -0.15) is 0 Å². The molecule has 0 aliphatic rings. The zero-order valence-electron chi connectivity index (χ0n) is 7.65. The lowest BCUT2D eigenvalue weighted by atomic mass is 10.4. The number of ether oxygens (including phenoxy) is 1. The summed E-state index contributed by atoms with van der Waals surface area (Å²) in [6.45, 7) is 2.39. The van der Waals surface area contributed by atoms with Crippen molar-refractivity contribution in [2.24, 2.45) is 0 Å². The first kappa shape index (κ1) is 9.51. The van der Waals surface area contributed by atoms with Crippen LogP contribution >= 0.6 is 0 Å². The lowest BCUT2D eigenvalue weighted by molar-refractivity contribution is -0.107. The number of rotatable bonds is 4. The summed E-state index contributed by atoms with van der Waals surface area (Å²) in [6, 6.07) is 4.44. The molecule has 1 amide bonds. The maximum absolute atomic E-state index is 10.5. The summed E-state index contributed by atoms with van der Waals surface area (Å²) in [4.78, 5) is 15.8. The summed E-state index contributed by atoms with van der Waals surface area (Å²) < 4.78 is 5.23. The van der Waals surface area contributed by atoms with Gasteiger partial charge in [0.25, 0.3) is 0 Å². The molecule has 0 unspecified atom stereocenters. The Morgan fingerprint density at radius 1 is 1.77 bits per heavy atom. The fourth-order valence-electron chi connectivity index (χ4n) is 0.897. The molecule has 4 nitrogen and oxygen atoms in total. The highest BCUT2D eigenvalue weighted by atomic mass is 16.5. The Morgan fingerprint density at radius 3 is 3.15 bits per heavy atom. The highest BCUT2D eigenvalue weighted by Gasteiger charge is 2.07. The van der Waals surface area contributed by atoms with Crippen molar-refractivity contribution in [3.05, 3.63) is 18.3 Å². The van der Waals surface area contributed by atoms with Crippen LogP contribution in [0.2, 0.25) is 0 Å². The van der Waals surface area contributed by atoms with Crippen LogP contribution in [0.25, 0.3) is 0 Å². The molecule has 0 fully saturated rings. The van der Waals surface area contributed by atoms with Gasteiger partial charge in [-0.05, 0) is 13.0 Å². The number of hydrogen-bond donors (Lipinski definition) is 0. The molecule has 0 spiro atoms. The molecular weight excluding hydrogens is 168 g/mol. The fourth-order valence-corrected chi connectivity index (χ4v) is 0.897. The van der Waals surface area contributed by atoms with Crippen molar-refractivity contribution in [1.29, 1.82) is 0 Å². The van der Waals surface area contributed by atoms with Crippen LogP contribution in [0.15, 0.2) is 12.3 Å². The Morgan fingerprint density at radius 2 is 2.54 bits per heavy atom. The van der Waals surface area contributed by atoms with Crippen molar-refractivity contribution in [2.75, 3.05) is 18.6 Å². The molecular formula is C9H11N2O2. The number of hydrogen-bond acceptors (Lipinski definition) is 3. The number of nitrogens with zero attached hydrogens (tertiary/aromatic N) is 2. The van der Waals surface area contributed by atoms with Gasteiger partial charge in [-0.25, -0.2) is 4.98 Å². The summed E-state index contributed by atoms with van der Waals surface area (Å²) in [5.41, 5.74) is 0.624. The molecule has 1 heterocycles. The minimum absolute atomic E-state index is 0.454. The Bertz CT molecular complexity index is 289. The standard InChI is InChI=1S/C9H11N2O2/c1-3-13-9-8(11(2)7-12)5-4-6-10-9/h5-7H,3H2,1-2H3. The Hall–Kier alpha value is -1.58. The average molecular weight is 179 g/mol. The van der Waals surface area contributed by atoms with E-state index in [-0.39, 0.29) is 0 Å². The molecule has 0 saturated carbocycles. The summed E-state index contributed by atoms with van der Waals surface area (Å²) >= 11 is 0. The third kappa shape index (κ3) is 2.18. The third-order valence-corrected chi connectivity index (χ3v) is 1.51. The van der Waals surface area contributed by atoms with Gasteiger partial charge in [0.15, 0.2) is 0 Å². The first-order chi connectivity index (χ1) is 6.29. The van der Waals surface area contributed by atoms with Gasteiger partial charge in [-0.3, -0.25) is 4.79 Å². The molecule has 1 aromatic heterocycles. The van der Waals surface area contributed by atoms with Gasteiger partial charge in [0.2, 0.25) is 12.3 Å². The van der Waals surface area contributed by atoms with Gasteiger partial charge < -0.3 is 9.64 Å². The normalized spacial score (nSPS) is 9.38. The number of carbonyl (C=O) groups is 1. The fraction of sp³-hybridized carbons (Fsp3) is 0.333. The number of amides is 1. The summed E-state index contributed by atoms with van der Waals surface area (Å²) in [5.74, 6) is 0.454. The van der Waals surface area contributed by atoms with E-state index in [4.69, 9.17) is 4.74 Å². The van der Waals surface area contributed by atoms with Crippen molar-refractivity contribution in [1.82, 2.24) is 4.98 Å². The van der Waals surface area contributed by atoms with Crippen LogP contribution in [0.3, 0.4) is 0 Å². The number of pyridine rings is 1. The summed E-state index contributed by atoms with van der Waals surface area (Å²) in [5, 5.41) is 0. The molecule has 13 heavy (non-hydrogen) atoms. The van der Waals surface area contributed by atoms with E-state index >= 15 is 0 Å². The molecule has 1 rings (SSSR count). The van der Waals surface area contributed by atoms with Gasteiger partial charge in [-0.15, -0.1) is 0 Å². The first-order valence-corrected chi connectivity index (χ1v) is 3.96. The average Bonchev–Trinajstić information content (AvgIpc) is 2.18. The van der Waals surface area contributed by atoms with Crippen molar-refractivity contribution in [3.63, 3.8) is 0 Å². The van der Waals surface area contributed by atoms with Gasteiger partial charge in [0.05, 0.1) is 6.61 Å². The van der Waals surface area contributed by atoms with Crippen LogP contribution in [-0.2, 0) is 4.79 Å². The maximum atomic E-state index is 10.5. The maximum Gasteiger partial charge on any atom is 0.238 e. The highest BCUT2D eigenvalue weighted by Crippen LogP contribution is 2.22. The number of aromatic nitrogens is 1. The molecule has 69 valence electrons. The Labute approximate surface area is 77.1 Å². The second-order valence-corrected chi connectivity index (χ2v) is 2.41. The van der Waals surface area contributed by atoms with E-state index in [9.17, 15) is 4.79 Å². The Kier molecular flexibility index (Phi) is 3.25. The van der Waals surface area contributed by atoms with Crippen molar-refractivity contribution in [3.8, 4) is 5.88 Å². The third-order valence-electron chi connectivity index (χ3n) is 1.51. The second-order valence-electron chi connectivity index (χ2n) is 2.41. The SMILES string of the molecule is CCOc1nc[c]cc1N(C)C=O. The minimum Gasteiger partial charge on any atom is -0.476 e. The van der Waals surface area contributed by atoms with Crippen LogP contribution in [0.5, 0.6) is 5.88 Å². The van der Waals surface area contributed by atoms with Crippen LogP contribution in [0.1, 0.15) is 6.92 Å². The molecule has 0 bridgehead atoms. The minimum atomic E-state index is 0.454. The second kappa shape index (κ2) is 4.45. The van der Waals surface area contributed by atoms with Gasteiger partial charge in [0, 0.05) is 19.3 Å². The molecule has 0 saturated heterocycles. The predicted octanol–water partition coefficient (Wildman–Crippen LogP) is 0.873. The predicted molar refractivity (Wildman–Crippen MR) is 48.7 cm³/mol. The van der Waals surface area contributed by atoms with E-state index in [1.54, 1.807) is 13.1 Å². The summed E-state index contributed by atoms with van der Waals surface area (Å²) in [6.07, 6.45) is 2.21. The molecule has 1 radical (unpaired) electrons. The van der Waals surface area contributed by atoms with E-state index in [2.05, 4.69) is 11.1 Å². The van der Waals surface area contributed by atoms with E-state index in [1.807, 2.05) is 6.92 Å². The lowest BCUT2D eigenvalue weighted by Crippen LogP contribution is -2.15. The topological polar surface area (TPSA) is 42.4 Å². The number of carbonyl (C=O) groups excluding carboxylic acids is 1. The molecule has 1 aromatic rings. The first-order valence-electron chi connectivity index (χ1n) is 3.96. The van der Waals surface area contributed by atoms with Crippen LogP contribution in [0.4, 0.5) is 5.69 Å². The monoisotopic (exact) mass is 179 g/mol. The van der Waals surface area contributed by atoms with Gasteiger partial charge >= 0.3 is 0 Å². The van der Waals surface area contributed by atoms with Gasteiger partial charge in [0.1, 0.15) is 5.69 Å². The van der Waals surface area contributed by atoms with Crippen LogP contribution in [-0.4, -0.2) is 25.0 Å². The van der Waals surface area contributed by atoms with Gasteiger partial charge in [-0.1, -0.05) is 0 Å². The molecule has 0 atom stereocenters. The molecule has 0 aromatic carbocycles. The zero-order valence-corrected chi connectivity index (χ0v) is 7.65. The van der Waals surface area contributed by atoms with Crippen molar-refractivity contribution >= 4 is 12.1 Å². The van der Waals surface area contributed by atoms with E-state index < -0.39 is 0 Å². The van der Waals surface area contributed by atoms with Crippen LogP contribution in [0, 0.1) is 6.07 Å². The molecule has 0 aliphatic heterocycles. The smallest absolute Gasteiger partial charge is 0.238 e. The Balaban J connectivity index is 2.96. The van der Waals surface area contributed by atoms with E-state index in [0.717, 1.165) is 0 Å². The summed E-state index contributed by atoms with van der Waals surface area (Å²) in [7, 11) is 1.64. The molecule has 0 N–H and O–H groups in total. The number of anilines is 1. The zero-order chi connectivity index (χ0) is 9.68. The lowest BCUT2D eigenvalue weighted by Gasteiger charge is -2.13. The molecule has 0 aliphatic carbocycles. The van der Waals surface area contributed by atoms with E-state index in [1.165, 1.54) is 11.1 Å². The highest BCUT2D eigenvalue weighted by molar-refractivity contribution is 5.76. The van der Waals surface area contributed by atoms with Crippen LogP contribution < -0.4 is 9.64 Å². The van der Waals surface area contributed by atoms with Crippen molar-refractivity contribution < 1.29 is 9.53 Å². The largest absolute Gasteiger partial charge is 0.476 e. The molecule has 4 heteroatoms. The quantitative estimate of drug-likeness (QED) is 0.644. The van der Waals surface area contributed by atoms with E-state index in [0.29, 0.717) is 24.6 Å². The van der Waals surface area contributed by atoms with Crippen molar-refractivity contribution in [2.45, 2.75) is 6.92 Å².